The molecule has 6 nitrogen and oxygen atoms in total. The molecule has 108 valence electrons. The topological polar surface area (TPSA) is 84.5 Å². The molecule has 20 heavy (non-hydrogen) atoms. The summed E-state index contributed by atoms with van der Waals surface area (Å²) < 4.78 is 4.75. The fourth-order valence-electron chi connectivity index (χ4n) is 1.48. The Labute approximate surface area is 117 Å². The fourth-order valence-corrected chi connectivity index (χ4v) is 1.48. The molecule has 0 spiro atoms. The van der Waals surface area contributed by atoms with E-state index in [1.807, 2.05) is 0 Å². The third kappa shape index (κ3) is 5.99. The lowest BCUT2D eigenvalue weighted by atomic mass is 10.2. The monoisotopic (exact) mass is 278 g/mol. The van der Waals surface area contributed by atoms with Crippen LogP contribution in [0, 0.1) is 0 Å². The van der Waals surface area contributed by atoms with Gasteiger partial charge in [-0.3, -0.25) is 14.9 Å². The quantitative estimate of drug-likeness (QED) is 0.609. The van der Waals surface area contributed by atoms with Gasteiger partial charge < -0.3 is 10.1 Å². The van der Waals surface area contributed by atoms with Crippen LogP contribution in [0.3, 0.4) is 0 Å². The maximum Gasteiger partial charge on any atom is 0.321 e. The first-order valence-corrected chi connectivity index (χ1v) is 6.43. The number of ether oxygens (including phenoxy) is 1. The predicted molar refractivity (Wildman–Crippen MR) is 73.2 cm³/mol. The van der Waals surface area contributed by atoms with Gasteiger partial charge in [0.2, 0.25) is 0 Å². The van der Waals surface area contributed by atoms with E-state index in [0.29, 0.717) is 25.1 Å². The molecular weight excluding hydrogens is 260 g/mol. The second kappa shape index (κ2) is 8.68. The van der Waals surface area contributed by atoms with Crippen molar-refractivity contribution in [2.24, 2.45) is 0 Å². The highest BCUT2D eigenvalue weighted by Gasteiger charge is 2.09. The average molecular weight is 278 g/mol. The predicted octanol–water partition coefficient (Wildman–Crippen LogP) is 1.47. The van der Waals surface area contributed by atoms with Crippen molar-refractivity contribution >= 4 is 17.9 Å². The number of hydrogen-bond acceptors (Lipinski definition) is 4. The Bertz CT molecular complexity index is 460. The van der Waals surface area contributed by atoms with Crippen molar-refractivity contribution in [3.63, 3.8) is 0 Å². The number of carbonyl (C=O) groups excluding carboxylic acids is 3. The van der Waals surface area contributed by atoms with Gasteiger partial charge in [-0.2, -0.15) is 0 Å². The van der Waals surface area contributed by atoms with Crippen LogP contribution in [-0.4, -0.2) is 31.1 Å². The Hall–Kier alpha value is -2.37. The van der Waals surface area contributed by atoms with Crippen LogP contribution in [-0.2, 0) is 9.53 Å². The molecule has 0 aliphatic rings. The van der Waals surface area contributed by atoms with Gasteiger partial charge >= 0.3 is 12.0 Å². The maximum atomic E-state index is 11.6. The summed E-state index contributed by atoms with van der Waals surface area (Å²) in [6, 6.07) is 7.86. The molecule has 3 amide bonds. The third-order valence-corrected chi connectivity index (χ3v) is 2.41. The molecule has 0 aliphatic carbocycles. The van der Waals surface area contributed by atoms with Gasteiger partial charge in [0.1, 0.15) is 0 Å². The minimum atomic E-state index is -0.581. The van der Waals surface area contributed by atoms with E-state index >= 15 is 0 Å². The number of rotatable bonds is 6. The number of amides is 3. The van der Waals surface area contributed by atoms with Gasteiger partial charge in [0.15, 0.2) is 0 Å². The molecule has 0 aromatic heterocycles. The molecule has 2 N–H and O–H groups in total. The van der Waals surface area contributed by atoms with Crippen LogP contribution in [0.25, 0.3) is 0 Å². The summed E-state index contributed by atoms with van der Waals surface area (Å²) in [5.74, 6) is -0.761. The highest BCUT2D eigenvalue weighted by Crippen LogP contribution is 1.97. The Morgan fingerprint density at radius 3 is 2.50 bits per heavy atom. The molecule has 0 bridgehead atoms. The lowest BCUT2D eigenvalue weighted by molar-refractivity contribution is -0.143. The van der Waals surface area contributed by atoms with Gasteiger partial charge in [-0.25, -0.2) is 4.79 Å². The number of esters is 1. The standard InChI is InChI=1S/C14H18N2O4/c1-2-20-12(17)9-6-10-15-14(19)16-13(18)11-7-4-3-5-8-11/h3-5,7-8H,2,6,9-10H2,1H3,(H2,15,16,18,19). The Morgan fingerprint density at radius 1 is 1.15 bits per heavy atom. The number of benzene rings is 1. The second-order valence-electron chi connectivity index (χ2n) is 3.98. The smallest absolute Gasteiger partial charge is 0.321 e. The summed E-state index contributed by atoms with van der Waals surface area (Å²) in [5.41, 5.74) is 0.411. The minimum absolute atomic E-state index is 0.237. The van der Waals surface area contributed by atoms with E-state index in [9.17, 15) is 14.4 Å². The van der Waals surface area contributed by atoms with Crippen LogP contribution in [0.1, 0.15) is 30.1 Å². The van der Waals surface area contributed by atoms with Crippen molar-refractivity contribution in [3.05, 3.63) is 35.9 Å². The first-order chi connectivity index (χ1) is 9.63. The van der Waals surface area contributed by atoms with Crippen molar-refractivity contribution < 1.29 is 19.1 Å². The molecule has 1 aromatic carbocycles. The van der Waals surface area contributed by atoms with E-state index < -0.39 is 11.9 Å². The Kier molecular flexibility index (Phi) is 6.81. The highest BCUT2D eigenvalue weighted by atomic mass is 16.5. The lowest BCUT2D eigenvalue weighted by Gasteiger charge is -2.06. The van der Waals surface area contributed by atoms with Gasteiger partial charge in [-0.15, -0.1) is 0 Å². The van der Waals surface area contributed by atoms with E-state index in [-0.39, 0.29) is 12.4 Å². The minimum Gasteiger partial charge on any atom is -0.466 e. The zero-order valence-electron chi connectivity index (χ0n) is 11.3. The molecule has 0 saturated carbocycles. The molecular formula is C14H18N2O4. The molecule has 0 radical (unpaired) electrons. The van der Waals surface area contributed by atoms with Crippen LogP contribution in [0.2, 0.25) is 0 Å². The molecule has 6 heteroatoms. The molecule has 1 aromatic rings. The SMILES string of the molecule is CCOC(=O)CCCNC(=O)NC(=O)c1ccccc1. The van der Waals surface area contributed by atoms with Gasteiger partial charge in [-0.1, -0.05) is 18.2 Å². The first-order valence-electron chi connectivity index (χ1n) is 6.43. The molecule has 0 unspecified atom stereocenters. The van der Waals surface area contributed by atoms with E-state index in [2.05, 4.69) is 10.6 Å². The molecule has 0 aliphatic heterocycles. The molecule has 1 rings (SSSR count). The van der Waals surface area contributed by atoms with Gasteiger partial charge in [0, 0.05) is 18.5 Å². The summed E-state index contributed by atoms with van der Waals surface area (Å²) in [6.07, 6.45) is 0.701. The normalized spacial score (nSPS) is 9.65. The Morgan fingerprint density at radius 2 is 1.85 bits per heavy atom. The second-order valence-corrected chi connectivity index (χ2v) is 3.98. The third-order valence-electron chi connectivity index (χ3n) is 2.41. The van der Waals surface area contributed by atoms with Crippen molar-refractivity contribution in [1.82, 2.24) is 10.6 Å². The Balaban J connectivity index is 2.21. The highest BCUT2D eigenvalue weighted by molar-refractivity contribution is 6.04. The van der Waals surface area contributed by atoms with Crippen molar-refractivity contribution in [2.75, 3.05) is 13.2 Å². The van der Waals surface area contributed by atoms with E-state index in [4.69, 9.17) is 4.74 Å². The summed E-state index contributed by atoms with van der Waals surface area (Å²) in [7, 11) is 0. The fraction of sp³-hybridized carbons (Fsp3) is 0.357. The number of imide groups is 1. The summed E-state index contributed by atoms with van der Waals surface area (Å²) in [4.78, 5) is 34.1. The van der Waals surface area contributed by atoms with E-state index in [0.717, 1.165) is 0 Å². The number of urea groups is 1. The summed E-state index contributed by atoms with van der Waals surface area (Å²) in [6.45, 7) is 2.38. The molecule has 0 atom stereocenters. The van der Waals surface area contributed by atoms with E-state index in [1.165, 1.54) is 0 Å². The van der Waals surface area contributed by atoms with Gasteiger partial charge in [0.25, 0.3) is 5.91 Å². The largest absolute Gasteiger partial charge is 0.466 e. The van der Waals surface area contributed by atoms with Crippen LogP contribution in [0.15, 0.2) is 30.3 Å². The van der Waals surface area contributed by atoms with Crippen LogP contribution < -0.4 is 10.6 Å². The summed E-state index contributed by atoms with van der Waals surface area (Å²) >= 11 is 0. The molecule has 0 saturated heterocycles. The summed E-state index contributed by atoms with van der Waals surface area (Å²) in [5, 5.41) is 4.71. The number of hydrogen-bond donors (Lipinski definition) is 2. The van der Waals surface area contributed by atoms with Crippen molar-refractivity contribution in [1.29, 1.82) is 0 Å². The average Bonchev–Trinajstić information content (AvgIpc) is 2.45. The van der Waals surface area contributed by atoms with Crippen LogP contribution in [0.4, 0.5) is 4.79 Å². The zero-order chi connectivity index (χ0) is 14.8. The van der Waals surface area contributed by atoms with Gasteiger partial charge in [0.05, 0.1) is 6.61 Å². The number of nitrogens with one attached hydrogen (secondary N) is 2. The van der Waals surface area contributed by atoms with Crippen molar-refractivity contribution in [3.8, 4) is 0 Å². The number of carbonyl (C=O) groups is 3. The molecule has 0 fully saturated rings. The lowest BCUT2D eigenvalue weighted by Crippen LogP contribution is -2.39. The zero-order valence-corrected chi connectivity index (χ0v) is 11.3. The van der Waals surface area contributed by atoms with Crippen molar-refractivity contribution in [2.45, 2.75) is 19.8 Å². The van der Waals surface area contributed by atoms with Gasteiger partial charge in [-0.05, 0) is 25.5 Å². The van der Waals surface area contributed by atoms with Crippen LogP contribution in [0.5, 0.6) is 0 Å². The molecule has 0 heterocycles. The van der Waals surface area contributed by atoms with E-state index in [1.54, 1.807) is 37.3 Å². The van der Waals surface area contributed by atoms with Crippen LogP contribution >= 0.6 is 0 Å². The first kappa shape index (κ1) is 15.7. The maximum absolute atomic E-state index is 11.6.